The molecule has 0 aliphatic heterocycles. The maximum absolute atomic E-state index is 12.9. The second kappa shape index (κ2) is 4.00. The van der Waals surface area contributed by atoms with Crippen molar-refractivity contribution < 1.29 is 14.2 Å². The molecule has 0 heterocycles. The molecule has 3 nitrogen and oxygen atoms in total. The Morgan fingerprint density at radius 3 is 2.77 bits per heavy atom. The third-order valence-corrected chi connectivity index (χ3v) is 1.61. The van der Waals surface area contributed by atoms with E-state index in [1.807, 2.05) is 0 Å². The van der Waals surface area contributed by atoms with Crippen LogP contribution in [0.4, 0.5) is 4.39 Å². The van der Waals surface area contributed by atoms with Crippen LogP contribution in [0.15, 0.2) is 18.2 Å². The van der Waals surface area contributed by atoms with Gasteiger partial charge in [0.25, 0.3) is 0 Å². The quantitative estimate of drug-likeness (QED) is 0.691. The van der Waals surface area contributed by atoms with Gasteiger partial charge in [-0.3, -0.25) is 0 Å². The van der Waals surface area contributed by atoms with Gasteiger partial charge in [0.1, 0.15) is 11.6 Å². The van der Waals surface area contributed by atoms with Crippen molar-refractivity contribution in [3.05, 3.63) is 29.6 Å². The van der Waals surface area contributed by atoms with Crippen LogP contribution in [0, 0.1) is 11.2 Å². The lowest BCUT2D eigenvalue weighted by atomic mass is 10.1. The fourth-order valence-electron chi connectivity index (χ4n) is 0.946. The van der Waals surface area contributed by atoms with Gasteiger partial charge in [-0.15, -0.1) is 0 Å². The fraction of sp³-hybridized carbons (Fsp3) is 0.222. The molecule has 0 aliphatic rings. The molecule has 1 rings (SSSR count). The van der Waals surface area contributed by atoms with E-state index in [2.05, 4.69) is 0 Å². The van der Waals surface area contributed by atoms with Crippen molar-refractivity contribution in [1.82, 2.24) is 0 Å². The number of nitrogens with one attached hydrogen (secondary N) is 1. The predicted octanol–water partition coefficient (Wildman–Crippen LogP) is 1.19. The van der Waals surface area contributed by atoms with Crippen LogP contribution >= 0.6 is 0 Å². The zero-order valence-corrected chi connectivity index (χ0v) is 7.17. The highest BCUT2D eigenvalue weighted by atomic mass is 19.1. The first-order valence-corrected chi connectivity index (χ1v) is 3.70. The van der Waals surface area contributed by atoms with E-state index in [1.165, 1.54) is 25.3 Å². The number of aliphatic hydroxyl groups is 1. The van der Waals surface area contributed by atoms with Gasteiger partial charge in [-0.05, 0) is 12.1 Å². The lowest BCUT2D eigenvalue weighted by Gasteiger charge is -2.04. The van der Waals surface area contributed by atoms with Crippen LogP contribution in [0.2, 0.25) is 0 Å². The number of hydrogen-bond acceptors (Lipinski definition) is 3. The molecule has 0 bridgehead atoms. The van der Waals surface area contributed by atoms with E-state index in [0.29, 0.717) is 11.3 Å². The average Bonchev–Trinajstić information content (AvgIpc) is 2.15. The molecule has 2 N–H and O–H groups in total. The van der Waals surface area contributed by atoms with Crippen LogP contribution in [-0.4, -0.2) is 24.5 Å². The summed E-state index contributed by atoms with van der Waals surface area (Å²) < 4.78 is 17.7. The molecule has 0 spiro atoms. The zero-order chi connectivity index (χ0) is 9.84. The van der Waals surface area contributed by atoms with Gasteiger partial charge in [0, 0.05) is 11.6 Å². The maximum atomic E-state index is 12.9. The highest BCUT2D eigenvalue weighted by Crippen LogP contribution is 2.15. The van der Waals surface area contributed by atoms with Crippen molar-refractivity contribution in [2.45, 2.75) is 0 Å². The molecule has 4 heteroatoms. The molecule has 0 aliphatic carbocycles. The van der Waals surface area contributed by atoms with Gasteiger partial charge in [-0.2, -0.15) is 0 Å². The fourth-order valence-corrected chi connectivity index (χ4v) is 0.946. The van der Waals surface area contributed by atoms with E-state index in [0.717, 1.165) is 0 Å². The van der Waals surface area contributed by atoms with Gasteiger partial charge in [-0.25, -0.2) is 4.39 Å². The number of hydrogen-bond donors (Lipinski definition) is 2. The van der Waals surface area contributed by atoms with Crippen LogP contribution in [0.3, 0.4) is 0 Å². The summed E-state index contributed by atoms with van der Waals surface area (Å²) in [5.74, 6) is -0.138. The Hall–Kier alpha value is -1.42. The minimum absolute atomic E-state index is 0.0298. The average molecular weight is 183 g/mol. The van der Waals surface area contributed by atoms with E-state index in [-0.39, 0.29) is 5.71 Å². The molecule has 0 saturated heterocycles. The normalized spacial score (nSPS) is 9.77. The van der Waals surface area contributed by atoms with E-state index < -0.39 is 12.4 Å². The molecule has 0 fully saturated rings. The lowest BCUT2D eigenvalue weighted by Crippen LogP contribution is -2.05. The molecule has 0 unspecified atom stereocenters. The standard InChI is InChI=1S/C9H10FNO2/c1-13-8-3-6(9(11)5-12)2-7(10)4-8/h2-4,11-12H,5H2,1H3. The molecule has 1 aromatic rings. The summed E-state index contributed by atoms with van der Waals surface area (Å²) in [6.45, 7) is -0.410. The largest absolute Gasteiger partial charge is 0.497 e. The molecule has 1 aromatic carbocycles. The summed E-state index contributed by atoms with van der Waals surface area (Å²) >= 11 is 0. The smallest absolute Gasteiger partial charge is 0.127 e. The highest BCUT2D eigenvalue weighted by molar-refractivity contribution is 5.99. The number of ether oxygens (including phenoxy) is 1. The van der Waals surface area contributed by atoms with E-state index in [1.54, 1.807) is 0 Å². The van der Waals surface area contributed by atoms with Crippen LogP contribution in [-0.2, 0) is 0 Å². The summed E-state index contributed by atoms with van der Waals surface area (Å²) in [4.78, 5) is 0. The topological polar surface area (TPSA) is 53.3 Å². The van der Waals surface area contributed by atoms with Crippen molar-refractivity contribution >= 4 is 5.71 Å². The van der Waals surface area contributed by atoms with Crippen molar-refractivity contribution in [1.29, 1.82) is 5.41 Å². The lowest BCUT2D eigenvalue weighted by molar-refractivity contribution is 0.357. The second-order valence-corrected chi connectivity index (χ2v) is 2.52. The molecule has 0 amide bonds. The first-order valence-electron chi connectivity index (χ1n) is 3.70. The molecule has 0 atom stereocenters. The van der Waals surface area contributed by atoms with Gasteiger partial charge < -0.3 is 15.3 Å². The number of aliphatic hydroxyl groups excluding tert-OH is 1. The highest BCUT2D eigenvalue weighted by Gasteiger charge is 2.04. The Morgan fingerprint density at radius 2 is 2.23 bits per heavy atom. The number of rotatable bonds is 3. The summed E-state index contributed by atoms with van der Waals surface area (Å²) in [6.07, 6.45) is 0. The number of methoxy groups -OCH3 is 1. The molecule has 0 radical (unpaired) electrons. The monoisotopic (exact) mass is 183 g/mol. The van der Waals surface area contributed by atoms with E-state index in [4.69, 9.17) is 15.3 Å². The van der Waals surface area contributed by atoms with Gasteiger partial charge in [0.05, 0.1) is 19.4 Å². The Morgan fingerprint density at radius 1 is 1.54 bits per heavy atom. The summed E-state index contributed by atoms with van der Waals surface area (Å²) in [5, 5.41) is 15.9. The number of benzene rings is 1. The van der Waals surface area contributed by atoms with Gasteiger partial charge in [-0.1, -0.05) is 0 Å². The molecular formula is C9H10FNO2. The van der Waals surface area contributed by atoms with Crippen molar-refractivity contribution in [3.63, 3.8) is 0 Å². The van der Waals surface area contributed by atoms with Crippen LogP contribution in [0.25, 0.3) is 0 Å². The Labute approximate surface area is 75.3 Å². The first-order chi connectivity index (χ1) is 6.17. The molecule has 0 aromatic heterocycles. The Balaban J connectivity index is 3.08. The minimum Gasteiger partial charge on any atom is -0.497 e. The second-order valence-electron chi connectivity index (χ2n) is 2.52. The minimum atomic E-state index is -0.479. The van der Waals surface area contributed by atoms with Crippen molar-refractivity contribution in [2.75, 3.05) is 13.7 Å². The third-order valence-electron chi connectivity index (χ3n) is 1.61. The van der Waals surface area contributed by atoms with Crippen LogP contribution < -0.4 is 4.74 Å². The molecule has 0 saturated carbocycles. The van der Waals surface area contributed by atoms with Crippen molar-refractivity contribution in [2.24, 2.45) is 0 Å². The summed E-state index contributed by atoms with van der Waals surface area (Å²) in [6, 6.07) is 3.90. The van der Waals surface area contributed by atoms with Crippen LogP contribution in [0.5, 0.6) is 5.75 Å². The third kappa shape index (κ3) is 2.26. The van der Waals surface area contributed by atoms with Crippen molar-refractivity contribution in [3.8, 4) is 5.75 Å². The number of halogens is 1. The van der Waals surface area contributed by atoms with Gasteiger partial charge in [0.15, 0.2) is 0 Å². The molecule has 70 valence electrons. The molecule has 13 heavy (non-hydrogen) atoms. The maximum Gasteiger partial charge on any atom is 0.127 e. The zero-order valence-electron chi connectivity index (χ0n) is 7.17. The predicted molar refractivity (Wildman–Crippen MR) is 46.9 cm³/mol. The summed E-state index contributed by atoms with van der Waals surface area (Å²) in [5.41, 5.74) is 0.303. The summed E-state index contributed by atoms with van der Waals surface area (Å²) in [7, 11) is 1.42. The van der Waals surface area contributed by atoms with Crippen LogP contribution in [0.1, 0.15) is 5.56 Å². The Kier molecular flexibility index (Phi) is 2.97. The first kappa shape index (κ1) is 9.67. The van der Waals surface area contributed by atoms with Gasteiger partial charge in [0.2, 0.25) is 0 Å². The SMILES string of the molecule is COc1cc(F)cc(C(=N)CO)c1. The van der Waals surface area contributed by atoms with E-state index >= 15 is 0 Å². The Bertz CT molecular complexity index is 325. The van der Waals surface area contributed by atoms with E-state index in [9.17, 15) is 4.39 Å². The van der Waals surface area contributed by atoms with Gasteiger partial charge >= 0.3 is 0 Å². The molecular weight excluding hydrogens is 173 g/mol.